The van der Waals surface area contributed by atoms with Gasteiger partial charge in [0.25, 0.3) is 16.7 Å². The van der Waals surface area contributed by atoms with Gasteiger partial charge in [0.05, 0.1) is 6.42 Å². The zero-order valence-electron chi connectivity index (χ0n) is 20.9. The Morgan fingerprint density at radius 1 is 1.22 bits per heavy atom. The fraction of sp³-hybridized carbons (Fsp3) is 0.474. The predicted octanol–water partition coefficient (Wildman–Crippen LogP) is -0.311. The van der Waals surface area contributed by atoms with Gasteiger partial charge in [-0.05, 0) is 11.4 Å². The van der Waals surface area contributed by atoms with Crippen LogP contribution in [-0.4, -0.2) is 101 Å². The van der Waals surface area contributed by atoms with Crippen molar-refractivity contribution in [3.63, 3.8) is 0 Å². The number of carbonyl (C=O) groups is 4. The zero-order chi connectivity index (χ0) is 30.8. The minimum Gasteiger partial charge on any atom is -0.449 e. The molecular weight excluding hydrogens is 636 g/mol. The Morgan fingerprint density at radius 3 is 2.41 bits per heavy atom. The molecule has 0 saturated carbocycles. The summed E-state index contributed by atoms with van der Waals surface area (Å²) < 4.78 is 37.8. The van der Waals surface area contributed by atoms with Gasteiger partial charge in [-0.1, -0.05) is 6.07 Å². The lowest BCUT2D eigenvalue weighted by Crippen LogP contribution is -2.80. The summed E-state index contributed by atoms with van der Waals surface area (Å²) >= 11 is 2.37. The molecule has 2 aliphatic heterocycles. The van der Waals surface area contributed by atoms with E-state index in [1.165, 1.54) is 18.4 Å². The second-order valence-electron chi connectivity index (χ2n) is 8.47. The van der Waals surface area contributed by atoms with Crippen molar-refractivity contribution in [1.29, 1.82) is 0 Å². The van der Waals surface area contributed by atoms with Crippen molar-refractivity contribution in [1.82, 2.24) is 15.5 Å². The van der Waals surface area contributed by atoms with Crippen LogP contribution in [0.15, 0.2) is 29.0 Å². The molecular formula is C19H25N3O15P2S2. The lowest BCUT2D eigenvalue weighted by Gasteiger charge is -2.55. The summed E-state index contributed by atoms with van der Waals surface area (Å²) in [5.74, 6) is -1.93. The Balaban J connectivity index is 1.68. The highest BCUT2D eigenvalue weighted by molar-refractivity contribution is 8.00. The summed E-state index contributed by atoms with van der Waals surface area (Å²) in [6.07, 6.45) is -4.36. The molecule has 1 aromatic rings. The highest BCUT2D eigenvalue weighted by Crippen LogP contribution is 2.68. The number of hydrogen-bond donors (Lipinski definition) is 8. The lowest BCUT2D eigenvalue weighted by molar-refractivity contribution is -0.195. The maximum absolute atomic E-state index is 13.2. The maximum Gasteiger partial charge on any atom is 0.512 e. The van der Waals surface area contributed by atoms with Crippen molar-refractivity contribution in [3.05, 3.63) is 33.8 Å². The van der Waals surface area contributed by atoms with Crippen LogP contribution in [0.25, 0.3) is 0 Å². The summed E-state index contributed by atoms with van der Waals surface area (Å²) in [6, 6.07) is 3.48. The van der Waals surface area contributed by atoms with E-state index in [1.807, 2.05) is 5.32 Å². The molecule has 3 rings (SSSR count). The predicted molar refractivity (Wildman–Crippen MR) is 138 cm³/mol. The Kier molecular flexibility index (Phi) is 9.97. The van der Waals surface area contributed by atoms with E-state index in [-0.39, 0.29) is 17.7 Å². The Bertz CT molecular complexity index is 1300. The van der Waals surface area contributed by atoms with E-state index in [0.29, 0.717) is 0 Å². The number of nitrogens with one attached hydrogen (secondary N) is 2. The fourth-order valence-corrected chi connectivity index (χ4v) is 8.05. The van der Waals surface area contributed by atoms with E-state index in [4.69, 9.17) is 33.8 Å². The molecule has 0 spiro atoms. The van der Waals surface area contributed by atoms with Crippen molar-refractivity contribution < 1.29 is 72.3 Å². The van der Waals surface area contributed by atoms with Crippen LogP contribution in [0.5, 0.6) is 0 Å². The molecule has 0 bridgehead atoms. The smallest absolute Gasteiger partial charge is 0.449 e. The molecule has 22 heteroatoms. The molecule has 0 aliphatic carbocycles. The van der Waals surface area contributed by atoms with E-state index in [0.717, 1.165) is 21.5 Å². The van der Waals surface area contributed by atoms with E-state index in [9.17, 15) is 38.5 Å². The van der Waals surface area contributed by atoms with Gasteiger partial charge in [0.2, 0.25) is 11.8 Å². The van der Waals surface area contributed by atoms with Crippen LogP contribution in [0.2, 0.25) is 0 Å². The standard InChI is InChI=1S/C19H25N3O15P2S2/c1-35-19(21-12(23)7-11-3-2-6-40-11)14(24)22-13(37-17(26)27)10(9-41-15(19)22)8-36-16(25)20-5-4-18(28,38(29,30)31)39(32,33)34/h2-3,6,15,28H,4-5,7-9H2,1H3,(H,20,25)(H,21,23)(H,26,27)(H2,29,30,31)(H2,32,33,34)/t15-,19-/m0/s1. The molecule has 18 nitrogen and oxygen atoms in total. The third kappa shape index (κ3) is 6.77. The number of rotatable bonds is 12. The quantitative estimate of drug-likeness (QED) is 0.0617. The Labute approximate surface area is 239 Å². The Hall–Kier alpha value is -2.51. The van der Waals surface area contributed by atoms with Gasteiger partial charge < -0.3 is 54.6 Å². The molecule has 1 aromatic heterocycles. The summed E-state index contributed by atoms with van der Waals surface area (Å²) in [7, 11) is -10.3. The topological polar surface area (TPSA) is 279 Å². The molecule has 0 aromatic carbocycles. The van der Waals surface area contributed by atoms with Gasteiger partial charge in [-0.25, -0.2) is 9.59 Å². The van der Waals surface area contributed by atoms with Crippen molar-refractivity contribution in [2.24, 2.45) is 0 Å². The molecule has 1 saturated heterocycles. The highest BCUT2D eigenvalue weighted by Gasteiger charge is 2.67. The van der Waals surface area contributed by atoms with Gasteiger partial charge >= 0.3 is 27.4 Å². The first-order chi connectivity index (χ1) is 19.0. The molecule has 8 N–H and O–H groups in total. The second kappa shape index (κ2) is 12.4. The van der Waals surface area contributed by atoms with Crippen molar-refractivity contribution in [2.45, 2.75) is 29.0 Å². The summed E-state index contributed by atoms with van der Waals surface area (Å²) in [5, 5.41) is 20.6. The van der Waals surface area contributed by atoms with Crippen molar-refractivity contribution in [3.8, 4) is 0 Å². The molecule has 3 heterocycles. The van der Waals surface area contributed by atoms with Crippen molar-refractivity contribution in [2.75, 3.05) is 26.0 Å². The van der Waals surface area contributed by atoms with Gasteiger partial charge in [0, 0.05) is 36.3 Å². The highest BCUT2D eigenvalue weighted by atomic mass is 32.2. The minimum atomic E-state index is -5.73. The number of nitrogens with zero attached hydrogens (tertiary/aromatic N) is 1. The number of hydrogen-bond acceptors (Lipinski definition) is 12. The first-order valence-corrected chi connectivity index (χ1v) is 16.3. The van der Waals surface area contributed by atoms with E-state index < -0.39 is 80.9 Å². The van der Waals surface area contributed by atoms with Crippen LogP contribution >= 0.6 is 38.3 Å². The molecule has 228 valence electrons. The summed E-state index contributed by atoms with van der Waals surface area (Å²) in [6.45, 7) is -1.49. The number of thiophene rings is 1. The molecule has 1 fully saturated rings. The minimum absolute atomic E-state index is 0.00806. The zero-order valence-corrected chi connectivity index (χ0v) is 24.3. The monoisotopic (exact) mass is 661 g/mol. The number of thioether (sulfide) groups is 1. The fourth-order valence-electron chi connectivity index (χ4n) is 3.79. The van der Waals surface area contributed by atoms with Crippen molar-refractivity contribution >= 4 is 62.4 Å². The van der Waals surface area contributed by atoms with Crippen LogP contribution in [0.1, 0.15) is 11.3 Å². The third-order valence-electron chi connectivity index (χ3n) is 5.84. The van der Waals surface area contributed by atoms with Gasteiger partial charge in [-0.3, -0.25) is 23.6 Å². The van der Waals surface area contributed by atoms with Crippen LogP contribution in [0.3, 0.4) is 0 Å². The number of fused-ring (bicyclic) bond motifs is 1. The van der Waals surface area contributed by atoms with E-state index in [1.54, 1.807) is 17.5 Å². The normalized spacial score (nSPS) is 21.1. The molecule has 0 radical (unpaired) electrons. The number of methoxy groups -OCH3 is 1. The van der Waals surface area contributed by atoms with Gasteiger partial charge in [-0.15, -0.1) is 23.1 Å². The molecule has 3 amide bonds. The largest absolute Gasteiger partial charge is 0.512 e. The third-order valence-corrected chi connectivity index (χ3v) is 12.0. The summed E-state index contributed by atoms with van der Waals surface area (Å²) in [5.41, 5.74) is -1.82. The molecule has 2 aliphatic rings. The van der Waals surface area contributed by atoms with Gasteiger partial charge in [0.15, 0.2) is 0 Å². The van der Waals surface area contributed by atoms with Crippen LogP contribution in [0.4, 0.5) is 9.59 Å². The number of carboxylic acid groups (broad SMARTS) is 1. The number of alkyl carbamates (subject to hydrolysis) is 1. The molecule has 2 atom stereocenters. The molecule has 0 unspecified atom stereocenters. The number of aliphatic hydroxyl groups is 1. The SMILES string of the molecule is CO[C@@]1(NC(=O)Cc2cccs2)C(=O)N2C(OC(=O)O)=C(COC(=O)NCCC(O)(P(=O)(O)O)P(=O)(O)O)CS[C@H]21. The Morgan fingerprint density at radius 2 is 1.88 bits per heavy atom. The van der Waals surface area contributed by atoms with Crippen LogP contribution < -0.4 is 10.6 Å². The number of ether oxygens (including phenoxy) is 3. The summed E-state index contributed by atoms with van der Waals surface area (Å²) in [4.78, 5) is 87.4. The lowest BCUT2D eigenvalue weighted by atomic mass is 10.0. The van der Waals surface area contributed by atoms with Crippen LogP contribution in [-0.2, 0) is 39.4 Å². The average Bonchev–Trinajstić information content (AvgIpc) is 3.37. The maximum atomic E-state index is 13.2. The van der Waals surface area contributed by atoms with Crippen LogP contribution in [0, 0.1) is 0 Å². The first-order valence-electron chi connectivity index (χ1n) is 11.2. The van der Waals surface area contributed by atoms with E-state index in [2.05, 4.69) is 5.32 Å². The number of β-lactam (4-membered cyclic amide) rings is 1. The number of carbonyl (C=O) groups excluding carboxylic acids is 3. The van der Waals surface area contributed by atoms with Gasteiger partial charge in [-0.2, -0.15) is 0 Å². The average molecular weight is 661 g/mol. The van der Waals surface area contributed by atoms with Gasteiger partial charge in [0.1, 0.15) is 12.0 Å². The molecule has 41 heavy (non-hydrogen) atoms. The second-order valence-corrected chi connectivity index (χ2v) is 14.6. The van der Waals surface area contributed by atoms with E-state index >= 15 is 0 Å². The number of amides is 3. The first kappa shape index (κ1) is 33.0.